The number of rotatable bonds is 7. The van der Waals surface area contributed by atoms with Gasteiger partial charge in [-0.15, -0.1) is 0 Å². The fourth-order valence-electron chi connectivity index (χ4n) is 9.49. The van der Waals surface area contributed by atoms with Gasteiger partial charge in [-0.2, -0.15) is 0 Å². The highest BCUT2D eigenvalue weighted by Gasteiger charge is 2.49. The number of para-hydroxylation sites is 2. The summed E-state index contributed by atoms with van der Waals surface area (Å²) in [5, 5.41) is 2.47. The van der Waals surface area contributed by atoms with Crippen molar-refractivity contribution in [2.75, 3.05) is 4.90 Å². The highest BCUT2D eigenvalue weighted by atomic mass is 15.2. The zero-order chi connectivity index (χ0) is 38.7. The molecule has 1 heterocycles. The second-order valence-corrected chi connectivity index (χ2v) is 16.4. The van der Waals surface area contributed by atoms with E-state index in [0.29, 0.717) is 0 Å². The lowest BCUT2D eigenvalue weighted by Gasteiger charge is -2.28. The van der Waals surface area contributed by atoms with Gasteiger partial charge in [-0.05, 0) is 120 Å². The average molecular weight is 733 g/mol. The Balaban J connectivity index is 0.917. The second-order valence-electron chi connectivity index (χ2n) is 16.4. The van der Waals surface area contributed by atoms with Crippen LogP contribution in [0.5, 0.6) is 0 Å². The van der Waals surface area contributed by atoms with E-state index in [9.17, 15) is 0 Å². The molecule has 1 aromatic heterocycles. The lowest BCUT2D eigenvalue weighted by Crippen LogP contribution is -2.19. The predicted molar refractivity (Wildman–Crippen MR) is 242 cm³/mol. The lowest BCUT2D eigenvalue weighted by atomic mass is 9.75. The first-order valence-corrected chi connectivity index (χ1v) is 20.0. The number of anilines is 3. The van der Waals surface area contributed by atoms with Crippen molar-refractivity contribution in [2.24, 2.45) is 0 Å². The zero-order valence-electron chi connectivity index (χ0n) is 32.9. The van der Waals surface area contributed by atoms with Crippen molar-refractivity contribution in [1.82, 2.24) is 4.98 Å². The Labute approximate surface area is 336 Å². The molecule has 0 radical (unpaired) electrons. The lowest BCUT2D eigenvalue weighted by molar-refractivity contribution is 0.694. The van der Waals surface area contributed by atoms with Crippen LogP contribution in [0.15, 0.2) is 182 Å². The molecule has 2 nitrogen and oxygen atoms in total. The van der Waals surface area contributed by atoms with Crippen molar-refractivity contribution >= 4 is 51.3 Å². The van der Waals surface area contributed by atoms with Crippen LogP contribution in [0.25, 0.3) is 56.3 Å². The molecule has 274 valence electrons. The smallest absolute Gasteiger partial charge is 0.137 e. The van der Waals surface area contributed by atoms with E-state index >= 15 is 0 Å². The molecule has 57 heavy (non-hydrogen) atoms. The number of hydrogen-bond acceptors (Lipinski definition) is 2. The van der Waals surface area contributed by atoms with E-state index in [1.54, 1.807) is 0 Å². The van der Waals surface area contributed by atoms with E-state index in [1.807, 2.05) is 18.3 Å². The molecule has 0 spiro atoms. The zero-order valence-corrected chi connectivity index (χ0v) is 32.9. The van der Waals surface area contributed by atoms with Gasteiger partial charge in [0.1, 0.15) is 5.82 Å². The molecular formula is C55H44N2. The molecule has 0 atom stereocenters. The third-order valence-electron chi connectivity index (χ3n) is 12.3. The predicted octanol–water partition coefficient (Wildman–Crippen LogP) is 14.7. The molecule has 10 rings (SSSR count). The molecule has 0 saturated heterocycles. The highest BCUT2D eigenvalue weighted by Crippen LogP contribution is 2.62. The van der Waals surface area contributed by atoms with E-state index in [0.717, 1.165) is 22.8 Å². The van der Waals surface area contributed by atoms with Crippen LogP contribution < -0.4 is 4.90 Å². The minimum Gasteiger partial charge on any atom is -0.295 e. The van der Waals surface area contributed by atoms with E-state index in [4.69, 9.17) is 4.98 Å². The Hall–Kier alpha value is -6.77. The fraction of sp³-hybridized carbons (Fsp3) is 0.109. The van der Waals surface area contributed by atoms with Crippen LogP contribution in [0.1, 0.15) is 61.1 Å². The third-order valence-corrected chi connectivity index (χ3v) is 12.3. The van der Waals surface area contributed by atoms with Crippen LogP contribution in [0.2, 0.25) is 0 Å². The summed E-state index contributed by atoms with van der Waals surface area (Å²) in [6, 6.07) is 63.5. The van der Waals surface area contributed by atoms with Crippen molar-refractivity contribution < 1.29 is 0 Å². The Morgan fingerprint density at radius 2 is 1.00 bits per heavy atom. The van der Waals surface area contributed by atoms with Crippen molar-refractivity contribution in [2.45, 2.75) is 38.5 Å². The fourth-order valence-corrected chi connectivity index (χ4v) is 9.49. The summed E-state index contributed by atoms with van der Waals surface area (Å²) in [5.74, 6) is 0.876. The summed E-state index contributed by atoms with van der Waals surface area (Å²) in [4.78, 5) is 7.09. The van der Waals surface area contributed by atoms with Gasteiger partial charge in [-0.25, -0.2) is 4.98 Å². The van der Waals surface area contributed by atoms with Gasteiger partial charge in [0.25, 0.3) is 0 Å². The molecule has 0 N–H and O–H groups in total. The minimum absolute atomic E-state index is 0.0114. The molecule has 7 aromatic carbocycles. The summed E-state index contributed by atoms with van der Waals surface area (Å²) in [5.41, 5.74) is 17.9. The van der Waals surface area contributed by atoms with Crippen molar-refractivity contribution in [1.29, 1.82) is 0 Å². The van der Waals surface area contributed by atoms with Crippen LogP contribution in [0.3, 0.4) is 0 Å². The number of pyridine rings is 1. The van der Waals surface area contributed by atoms with Gasteiger partial charge in [-0.3, -0.25) is 4.90 Å². The largest absolute Gasteiger partial charge is 0.295 e. The molecule has 0 saturated carbocycles. The number of benzene rings is 7. The maximum absolute atomic E-state index is 4.91. The number of hydrogen-bond donors (Lipinski definition) is 0. The van der Waals surface area contributed by atoms with Crippen molar-refractivity contribution in [3.05, 3.63) is 216 Å². The van der Waals surface area contributed by atoms with Gasteiger partial charge in [0.05, 0.1) is 0 Å². The van der Waals surface area contributed by atoms with Gasteiger partial charge in [0.2, 0.25) is 0 Å². The number of fused-ring (bicyclic) bond motifs is 5. The molecule has 2 aliphatic rings. The molecule has 0 aliphatic heterocycles. The Morgan fingerprint density at radius 1 is 0.439 bits per heavy atom. The van der Waals surface area contributed by atoms with Gasteiger partial charge >= 0.3 is 0 Å². The SMILES string of the molecule is CC1(C)C2=C(c3ccccc31)C(C)(C)c1cc(-c3ccc(-c4ccc(C=Cc5ccc(N(c6ccccc6)c6ccccc6)nc5)c5ccccc45)cc3)ccc12. The first kappa shape index (κ1) is 34.7. The Morgan fingerprint density at radius 3 is 1.68 bits per heavy atom. The van der Waals surface area contributed by atoms with Crippen LogP contribution in [-0.4, -0.2) is 4.98 Å². The number of aromatic nitrogens is 1. The van der Waals surface area contributed by atoms with E-state index in [2.05, 4.69) is 209 Å². The first-order valence-electron chi connectivity index (χ1n) is 20.0. The Kier molecular flexibility index (Phi) is 8.20. The summed E-state index contributed by atoms with van der Waals surface area (Å²) >= 11 is 0. The normalized spacial score (nSPS) is 14.8. The maximum Gasteiger partial charge on any atom is 0.137 e. The number of allylic oxidation sites excluding steroid dienone is 2. The topological polar surface area (TPSA) is 16.1 Å². The van der Waals surface area contributed by atoms with Crippen LogP contribution in [0.4, 0.5) is 17.2 Å². The summed E-state index contributed by atoms with van der Waals surface area (Å²) < 4.78 is 0. The molecule has 0 amide bonds. The third kappa shape index (κ3) is 5.75. The van der Waals surface area contributed by atoms with Crippen molar-refractivity contribution in [3.8, 4) is 22.3 Å². The molecule has 2 heteroatoms. The molecule has 0 unspecified atom stereocenters. The van der Waals surface area contributed by atoms with Gasteiger partial charge < -0.3 is 0 Å². The Bertz CT molecular complexity index is 2820. The standard InChI is InChI=1S/C55H44N2/c1-54(2)49-22-14-13-21-47(49)52-53(54)48-33-31-41(35-50(48)55(52,3)4)38-26-28-40(29-27-38)45-32-30-39(44-19-11-12-20-46(44)45)25-23-37-24-34-51(56-36-37)57(42-15-7-5-8-16-42)43-17-9-6-10-18-43/h5-36H,1-4H3. The highest BCUT2D eigenvalue weighted by molar-refractivity contribution is 6.10. The van der Waals surface area contributed by atoms with Crippen LogP contribution >= 0.6 is 0 Å². The summed E-state index contributed by atoms with van der Waals surface area (Å²) in [6.07, 6.45) is 6.32. The summed E-state index contributed by atoms with van der Waals surface area (Å²) in [6.45, 7) is 9.59. The monoisotopic (exact) mass is 732 g/mol. The van der Waals surface area contributed by atoms with E-state index < -0.39 is 0 Å². The van der Waals surface area contributed by atoms with Crippen LogP contribution in [0, 0.1) is 0 Å². The molecule has 0 fully saturated rings. The second kappa shape index (κ2) is 13.5. The molecule has 2 aliphatic carbocycles. The number of nitrogens with zero attached hydrogens (tertiary/aromatic N) is 2. The summed E-state index contributed by atoms with van der Waals surface area (Å²) in [7, 11) is 0. The quantitative estimate of drug-likeness (QED) is 0.162. The van der Waals surface area contributed by atoms with Crippen LogP contribution in [-0.2, 0) is 10.8 Å². The van der Waals surface area contributed by atoms with E-state index in [-0.39, 0.29) is 10.8 Å². The first-order chi connectivity index (χ1) is 27.8. The van der Waals surface area contributed by atoms with E-state index in [1.165, 1.54) is 72.0 Å². The molecule has 0 bridgehead atoms. The maximum atomic E-state index is 4.91. The van der Waals surface area contributed by atoms with Gasteiger partial charge in [0.15, 0.2) is 0 Å². The van der Waals surface area contributed by atoms with Gasteiger partial charge in [-0.1, -0.05) is 173 Å². The van der Waals surface area contributed by atoms with Crippen molar-refractivity contribution in [3.63, 3.8) is 0 Å². The minimum atomic E-state index is -0.0640. The molecule has 8 aromatic rings. The average Bonchev–Trinajstić information content (AvgIpc) is 3.65. The molecular weight excluding hydrogens is 689 g/mol. The van der Waals surface area contributed by atoms with Gasteiger partial charge in [0, 0.05) is 28.4 Å².